The second-order valence-corrected chi connectivity index (χ2v) is 10.2. The Morgan fingerprint density at radius 3 is 2.78 bits per heavy atom. The van der Waals surface area contributed by atoms with Gasteiger partial charge in [0.25, 0.3) is 15.9 Å². The van der Waals surface area contributed by atoms with Gasteiger partial charge in [0.1, 0.15) is 4.21 Å². The lowest BCUT2D eigenvalue weighted by molar-refractivity contribution is 0.0731. The minimum absolute atomic E-state index is 0.0776. The van der Waals surface area contributed by atoms with Crippen molar-refractivity contribution in [2.75, 3.05) is 26.3 Å². The number of benzene rings is 1. The first-order valence-electron chi connectivity index (χ1n) is 8.72. The average Bonchev–Trinajstić information content (AvgIpc) is 3.30. The number of thiophene rings is 1. The van der Waals surface area contributed by atoms with E-state index in [0.717, 1.165) is 35.3 Å². The summed E-state index contributed by atoms with van der Waals surface area (Å²) in [5.74, 6) is -0.253. The molecular formula is C18H19ClN2O4S2. The Balaban J connectivity index is 1.48. The van der Waals surface area contributed by atoms with Crippen LogP contribution in [0.4, 0.5) is 0 Å². The maximum atomic E-state index is 12.7. The number of halogens is 1. The Labute approximate surface area is 167 Å². The van der Waals surface area contributed by atoms with Crippen LogP contribution >= 0.6 is 22.9 Å². The predicted molar refractivity (Wildman–Crippen MR) is 104 cm³/mol. The standard InChI is InChI=1S/C18H19ClN2O4S2/c19-13-2-3-14-12(11-13)1-4-15(14)20-18(22)16-5-6-17(26-16)27(23,24)21-7-9-25-10-8-21/h2-3,5-6,11,15H,1,4,7-10H2,(H,20,22)/t15-/m1/s1. The summed E-state index contributed by atoms with van der Waals surface area (Å²) in [5.41, 5.74) is 2.22. The number of amides is 1. The zero-order valence-corrected chi connectivity index (χ0v) is 16.9. The SMILES string of the molecule is O=C(N[C@@H]1CCc2cc(Cl)ccc21)c1ccc(S(=O)(=O)N2CCOCC2)s1. The van der Waals surface area contributed by atoms with Crippen LogP contribution in [0.15, 0.2) is 34.5 Å². The molecule has 0 saturated carbocycles. The van der Waals surface area contributed by atoms with Crippen molar-refractivity contribution in [1.82, 2.24) is 9.62 Å². The third-order valence-corrected chi connectivity index (χ3v) is 8.54. The molecule has 1 aliphatic carbocycles. The smallest absolute Gasteiger partial charge is 0.261 e. The van der Waals surface area contributed by atoms with Crippen LogP contribution in [0.3, 0.4) is 0 Å². The van der Waals surface area contributed by atoms with E-state index in [2.05, 4.69) is 5.32 Å². The molecule has 1 N–H and O–H groups in total. The van der Waals surface area contributed by atoms with Crippen molar-refractivity contribution in [3.63, 3.8) is 0 Å². The summed E-state index contributed by atoms with van der Waals surface area (Å²) in [4.78, 5) is 13.0. The number of carbonyl (C=O) groups is 1. The van der Waals surface area contributed by atoms with E-state index in [9.17, 15) is 13.2 Å². The molecule has 1 saturated heterocycles. The zero-order chi connectivity index (χ0) is 19.0. The Bertz CT molecular complexity index is 967. The highest BCUT2D eigenvalue weighted by atomic mass is 35.5. The summed E-state index contributed by atoms with van der Waals surface area (Å²) in [5, 5.41) is 3.71. The number of carbonyl (C=O) groups excluding carboxylic acids is 1. The molecule has 0 bridgehead atoms. The Hall–Kier alpha value is -1.45. The Morgan fingerprint density at radius 2 is 2.00 bits per heavy atom. The predicted octanol–water partition coefficient (Wildman–Crippen LogP) is 2.84. The molecule has 6 nitrogen and oxygen atoms in total. The number of rotatable bonds is 4. The highest BCUT2D eigenvalue weighted by molar-refractivity contribution is 7.91. The molecule has 1 aliphatic heterocycles. The van der Waals surface area contributed by atoms with Crippen molar-refractivity contribution in [2.24, 2.45) is 0 Å². The molecule has 1 amide bonds. The number of fused-ring (bicyclic) bond motifs is 1. The number of hydrogen-bond acceptors (Lipinski definition) is 5. The highest BCUT2D eigenvalue weighted by Gasteiger charge is 2.29. The van der Waals surface area contributed by atoms with E-state index in [-0.39, 0.29) is 16.2 Å². The molecule has 2 aromatic rings. The van der Waals surface area contributed by atoms with Crippen LogP contribution in [0.2, 0.25) is 5.02 Å². The summed E-state index contributed by atoms with van der Waals surface area (Å²) in [7, 11) is -3.58. The highest BCUT2D eigenvalue weighted by Crippen LogP contribution is 2.33. The van der Waals surface area contributed by atoms with Crippen molar-refractivity contribution in [3.8, 4) is 0 Å². The fourth-order valence-corrected chi connectivity index (χ4v) is 6.43. The van der Waals surface area contributed by atoms with Gasteiger partial charge in [-0.05, 0) is 48.2 Å². The molecule has 1 atom stereocenters. The topological polar surface area (TPSA) is 75.7 Å². The third kappa shape index (κ3) is 3.77. The zero-order valence-electron chi connectivity index (χ0n) is 14.5. The molecule has 1 aromatic carbocycles. The first-order valence-corrected chi connectivity index (χ1v) is 11.4. The quantitative estimate of drug-likeness (QED) is 0.815. The molecule has 144 valence electrons. The van der Waals surface area contributed by atoms with Crippen LogP contribution < -0.4 is 5.32 Å². The van der Waals surface area contributed by atoms with Crippen LogP contribution in [0.25, 0.3) is 0 Å². The van der Waals surface area contributed by atoms with Gasteiger partial charge in [-0.1, -0.05) is 17.7 Å². The van der Waals surface area contributed by atoms with Crippen molar-refractivity contribution >= 4 is 38.9 Å². The van der Waals surface area contributed by atoms with Crippen molar-refractivity contribution in [1.29, 1.82) is 0 Å². The van der Waals surface area contributed by atoms with E-state index in [1.54, 1.807) is 6.07 Å². The molecule has 1 aromatic heterocycles. The van der Waals surface area contributed by atoms with Crippen molar-refractivity contribution in [2.45, 2.75) is 23.1 Å². The van der Waals surface area contributed by atoms with Crippen LogP contribution in [0, 0.1) is 0 Å². The summed E-state index contributed by atoms with van der Waals surface area (Å²) in [6.07, 6.45) is 1.67. The molecule has 2 heterocycles. The minimum Gasteiger partial charge on any atom is -0.379 e. The number of sulfonamides is 1. The number of hydrogen-bond donors (Lipinski definition) is 1. The van der Waals surface area contributed by atoms with E-state index in [0.29, 0.717) is 36.2 Å². The van der Waals surface area contributed by atoms with Crippen molar-refractivity contribution < 1.29 is 17.9 Å². The second-order valence-electron chi connectivity index (χ2n) is 6.54. The largest absolute Gasteiger partial charge is 0.379 e. The van der Waals surface area contributed by atoms with E-state index in [1.807, 2.05) is 18.2 Å². The normalized spacial score (nSPS) is 20.4. The number of ether oxygens (including phenoxy) is 1. The molecule has 9 heteroatoms. The van der Waals surface area contributed by atoms with Gasteiger partial charge in [-0.2, -0.15) is 4.31 Å². The molecule has 4 rings (SSSR count). The number of aryl methyl sites for hydroxylation is 1. The van der Waals surface area contributed by atoms with Crippen LogP contribution in [-0.2, 0) is 21.2 Å². The van der Waals surface area contributed by atoms with Crippen molar-refractivity contribution in [3.05, 3.63) is 51.4 Å². The molecule has 1 fully saturated rings. The summed E-state index contributed by atoms with van der Waals surface area (Å²) in [6.45, 7) is 1.46. The Kier molecular flexibility index (Phi) is 5.26. The van der Waals surface area contributed by atoms with Gasteiger partial charge in [0.05, 0.1) is 24.1 Å². The number of morpholine rings is 1. The molecule has 0 unspecified atom stereocenters. The number of nitrogens with zero attached hydrogens (tertiary/aromatic N) is 1. The van der Waals surface area contributed by atoms with Gasteiger partial charge >= 0.3 is 0 Å². The summed E-state index contributed by atoms with van der Waals surface area (Å²) < 4.78 is 32.2. The second kappa shape index (κ2) is 7.52. The average molecular weight is 427 g/mol. The van der Waals surface area contributed by atoms with Crippen LogP contribution in [0.1, 0.15) is 33.3 Å². The molecule has 2 aliphatic rings. The third-order valence-electron chi connectivity index (χ3n) is 4.86. The van der Waals surface area contributed by atoms with Gasteiger partial charge < -0.3 is 10.1 Å². The minimum atomic E-state index is -3.58. The van der Waals surface area contributed by atoms with Gasteiger partial charge in [-0.25, -0.2) is 8.42 Å². The lowest BCUT2D eigenvalue weighted by Gasteiger charge is -2.25. The molecular weight excluding hydrogens is 408 g/mol. The van der Waals surface area contributed by atoms with Gasteiger partial charge in [0.15, 0.2) is 0 Å². The molecule has 27 heavy (non-hydrogen) atoms. The summed E-state index contributed by atoms with van der Waals surface area (Å²) in [6, 6.07) is 8.70. The molecule has 0 radical (unpaired) electrons. The lowest BCUT2D eigenvalue weighted by Crippen LogP contribution is -2.40. The summed E-state index contributed by atoms with van der Waals surface area (Å²) >= 11 is 7.03. The van der Waals surface area contributed by atoms with Gasteiger partial charge in [-0.15, -0.1) is 11.3 Å². The van der Waals surface area contributed by atoms with Crippen LogP contribution in [0.5, 0.6) is 0 Å². The maximum Gasteiger partial charge on any atom is 0.261 e. The first-order chi connectivity index (χ1) is 12.9. The molecule has 0 spiro atoms. The lowest BCUT2D eigenvalue weighted by atomic mass is 10.1. The first kappa shape index (κ1) is 18.9. The number of nitrogens with one attached hydrogen (secondary N) is 1. The fraction of sp³-hybridized carbons (Fsp3) is 0.389. The van der Waals surface area contributed by atoms with E-state index < -0.39 is 10.0 Å². The van der Waals surface area contributed by atoms with E-state index in [4.69, 9.17) is 16.3 Å². The van der Waals surface area contributed by atoms with E-state index >= 15 is 0 Å². The van der Waals surface area contributed by atoms with Gasteiger partial charge in [0.2, 0.25) is 0 Å². The Morgan fingerprint density at radius 1 is 1.22 bits per heavy atom. The van der Waals surface area contributed by atoms with Gasteiger partial charge in [-0.3, -0.25) is 4.79 Å². The van der Waals surface area contributed by atoms with E-state index in [1.165, 1.54) is 10.4 Å². The monoisotopic (exact) mass is 426 g/mol. The maximum absolute atomic E-state index is 12.7. The van der Waals surface area contributed by atoms with Gasteiger partial charge in [0, 0.05) is 18.1 Å². The fourth-order valence-electron chi connectivity index (χ4n) is 3.46. The van der Waals surface area contributed by atoms with Crippen LogP contribution in [-0.4, -0.2) is 44.9 Å².